The minimum Gasteiger partial charge on any atom is -0.455 e. The Labute approximate surface area is 182 Å². The van der Waals surface area contributed by atoms with Crippen LogP contribution in [0.4, 0.5) is 11.8 Å². The fraction of sp³-hybridized carbons (Fsp3) is 0.526. The first kappa shape index (κ1) is 19.6. The van der Waals surface area contributed by atoms with Crippen LogP contribution in [0, 0.1) is 0 Å². The number of hydrogen-bond acceptors (Lipinski definition) is 10. The maximum atomic E-state index is 12.1. The third-order valence-electron chi connectivity index (χ3n) is 5.56. The van der Waals surface area contributed by atoms with Crippen LogP contribution in [0.3, 0.4) is 0 Å². The first-order chi connectivity index (χ1) is 14.6. The molecule has 0 spiro atoms. The molecule has 2 fully saturated rings. The van der Waals surface area contributed by atoms with Gasteiger partial charge in [-0.05, 0) is 18.0 Å². The van der Waals surface area contributed by atoms with Gasteiger partial charge in [-0.3, -0.25) is 4.79 Å². The maximum Gasteiger partial charge on any atom is 0.341 e. The van der Waals surface area contributed by atoms with E-state index >= 15 is 0 Å². The number of nitrogens with zero attached hydrogens (tertiary/aromatic N) is 5. The molecule has 1 atom stereocenters. The SMILES string of the molecule is CC(=O)N1CC[C@H](Nc2nc(N3CC(OC(=O)c4cnsc4)C3)nc3c2SCC3)C1. The van der Waals surface area contributed by atoms with E-state index < -0.39 is 0 Å². The molecule has 11 heteroatoms. The number of carbonyl (C=O) groups is 2. The monoisotopic (exact) mass is 446 g/mol. The molecular weight excluding hydrogens is 424 g/mol. The number of hydrogen-bond donors (Lipinski definition) is 1. The average Bonchev–Trinajstić information content (AvgIpc) is 3.44. The second-order valence-corrected chi connectivity index (χ2v) is 9.45. The molecule has 3 aliphatic heterocycles. The van der Waals surface area contributed by atoms with Crippen LogP contribution in [-0.4, -0.2) is 75.2 Å². The number of thioether (sulfide) groups is 1. The number of aromatic nitrogens is 3. The Bertz CT molecular complexity index is 963. The third-order valence-corrected chi connectivity index (χ3v) is 7.27. The van der Waals surface area contributed by atoms with Crippen LogP contribution in [0.5, 0.6) is 0 Å². The van der Waals surface area contributed by atoms with Gasteiger partial charge in [0.05, 0.1) is 35.4 Å². The lowest BCUT2D eigenvalue weighted by Crippen LogP contribution is -2.53. The van der Waals surface area contributed by atoms with Gasteiger partial charge in [-0.2, -0.15) is 4.98 Å². The van der Waals surface area contributed by atoms with Crippen molar-refractivity contribution in [2.45, 2.75) is 36.8 Å². The molecule has 0 aromatic carbocycles. The van der Waals surface area contributed by atoms with Crippen molar-refractivity contribution in [2.75, 3.05) is 42.1 Å². The van der Waals surface area contributed by atoms with Gasteiger partial charge in [-0.25, -0.2) is 14.2 Å². The standard InChI is InChI=1S/C19H22N6O3S2/c1-11(26)24-4-2-13(7-24)21-17-16-15(3-5-29-16)22-19(23-17)25-8-14(9-25)28-18(27)12-6-20-30-10-12/h6,10,13-14H,2-5,7-9H2,1H3,(H,21,22,23)/t13-/m0/s1. The van der Waals surface area contributed by atoms with Crippen LogP contribution >= 0.6 is 23.3 Å². The molecule has 1 N–H and O–H groups in total. The highest BCUT2D eigenvalue weighted by atomic mass is 32.2. The fourth-order valence-corrected chi connectivity index (χ4v) is 5.41. The highest BCUT2D eigenvalue weighted by Gasteiger charge is 2.34. The summed E-state index contributed by atoms with van der Waals surface area (Å²) < 4.78 is 9.46. The fourth-order valence-electron chi connectivity index (χ4n) is 3.85. The number of anilines is 2. The lowest BCUT2D eigenvalue weighted by atomic mass is 10.2. The lowest BCUT2D eigenvalue weighted by molar-refractivity contribution is -0.127. The Hall–Kier alpha value is -2.40. The van der Waals surface area contributed by atoms with Crippen LogP contribution in [0.1, 0.15) is 29.4 Å². The Morgan fingerprint density at radius 1 is 1.27 bits per heavy atom. The van der Waals surface area contributed by atoms with E-state index in [-0.39, 0.29) is 24.0 Å². The topological polar surface area (TPSA) is 101 Å². The van der Waals surface area contributed by atoms with Gasteiger partial charge < -0.3 is 19.9 Å². The number of likely N-dealkylation sites (tertiary alicyclic amines) is 1. The zero-order chi connectivity index (χ0) is 20.7. The Morgan fingerprint density at radius 2 is 2.13 bits per heavy atom. The largest absolute Gasteiger partial charge is 0.455 e. The number of esters is 1. The molecular formula is C19H22N6O3S2. The number of ether oxygens (including phenoxy) is 1. The molecule has 5 rings (SSSR count). The maximum absolute atomic E-state index is 12.1. The quantitative estimate of drug-likeness (QED) is 0.687. The van der Waals surface area contributed by atoms with Crippen LogP contribution in [0.15, 0.2) is 16.5 Å². The minimum absolute atomic E-state index is 0.113. The van der Waals surface area contributed by atoms with Gasteiger partial charge in [0, 0.05) is 43.6 Å². The van der Waals surface area contributed by atoms with Gasteiger partial charge in [-0.15, -0.1) is 11.8 Å². The van der Waals surface area contributed by atoms with Crippen molar-refractivity contribution < 1.29 is 14.3 Å². The Morgan fingerprint density at radius 3 is 2.87 bits per heavy atom. The van der Waals surface area contributed by atoms with Crippen molar-refractivity contribution in [1.29, 1.82) is 0 Å². The zero-order valence-corrected chi connectivity index (χ0v) is 18.2. The molecule has 2 aromatic rings. The summed E-state index contributed by atoms with van der Waals surface area (Å²) in [4.78, 5) is 38.3. The molecule has 30 heavy (non-hydrogen) atoms. The van der Waals surface area contributed by atoms with E-state index in [1.807, 2.05) is 9.80 Å². The first-order valence-electron chi connectivity index (χ1n) is 9.98. The molecule has 5 heterocycles. The molecule has 0 saturated carbocycles. The molecule has 2 aromatic heterocycles. The number of nitrogens with one attached hydrogen (secondary N) is 1. The average molecular weight is 447 g/mol. The third kappa shape index (κ3) is 3.83. The molecule has 2 saturated heterocycles. The van der Waals surface area contributed by atoms with Crippen molar-refractivity contribution in [3.63, 3.8) is 0 Å². The number of rotatable bonds is 5. The highest BCUT2D eigenvalue weighted by Crippen LogP contribution is 2.38. The molecule has 0 aliphatic carbocycles. The van der Waals surface area contributed by atoms with Crippen molar-refractivity contribution in [3.8, 4) is 0 Å². The molecule has 0 radical (unpaired) electrons. The summed E-state index contributed by atoms with van der Waals surface area (Å²) in [7, 11) is 0. The minimum atomic E-state index is -0.335. The van der Waals surface area contributed by atoms with Crippen LogP contribution in [0.25, 0.3) is 0 Å². The van der Waals surface area contributed by atoms with Gasteiger partial charge in [-0.1, -0.05) is 0 Å². The molecule has 3 aliphatic rings. The Balaban J connectivity index is 1.25. The summed E-state index contributed by atoms with van der Waals surface area (Å²) in [5.41, 5.74) is 1.56. The summed E-state index contributed by atoms with van der Waals surface area (Å²) in [5.74, 6) is 2.31. The normalized spacial score (nSPS) is 20.8. The number of aryl methyl sites for hydroxylation is 1. The number of carbonyl (C=O) groups excluding carboxylic acids is 2. The summed E-state index contributed by atoms with van der Waals surface area (Å²) in [6.45, 7) is 4.25. The van der Waals surface area contributed by atoms with E-state index in [0.29, 0.717) is 31.1 Å². The van der Waals surface area contributed by atoms with Crippen molar-refractivity contribution in [2.24, 2.45) is 0 Å². The lowest BCUT2D eigenvalue weighted by Gasteiger charge is -2.38. The smallest absolute Gasteiger partial charge is 0.341 e. The van der Waals surface area contributed by atoms with Crippen LogP contribution in [0.2, 0.25) is 0 Å². The Kier molecular flexibility index (Phi) is 5.23. The zero-order valence-electron chi connectivity index (χ0n) is 16.5. The second-order valence-electron chi connectivity index (χ2n) is 7.69. The van der Waals surface area contributed by atoms with E-state index in [1.54, 1.807) is 24.1 Å². The van der Waals surface area contributed by atoms with Crippen molar-refractivity contribution in [3.05, 3.63) is 22.8 Å². The van der Waals surface area contributed by atoms with Gasteiger partial charge in [0.2, 0.25) is 11.9 Å². The molecule has 0 bridgehead atoms. The number of amides is 1. The highest BCUT2D eigenvalue weighted by molar-refractivity contribution is 7.99. The molecule has 0 unspecified atom stereocenters. The van der Waals surface area contributed by atoms with Crippen molar-refractivity contribution >= 4 is 46.9 Å². The van der Waals surface area contributed by atoms with Gasteiger partial charge in [0.1, 0.15) is 11.9 Å². The first-order valence-corrected chi connectivity index (χ1v) is 11.8. The molecule has 9 nitrogen and oxygen atoms in total. The van der Waals surface area contributed by atoms with Gasteiger partial charge >= 0.3 is 5.97 Å². The van der Waals surface area contributed by atoms with E-state index in [4.69, 9.17) is 14.7 Å². The van der Waals surface area contributed by atoms with E-state index in [0.717, 1.165) is 41.5 Å². The van der Waals surface area contributed by atoms with E-state index in [2.05, 4.69) is 9.69 Å². The van der Waals surface area contributed by atoms with Gasteiger partial charge in [0.25, 0.3) is 0 Å². The number of fused-ring (bicyclic) bond motifs is 1. The summed E-state index contributed by atoms with van der Waals surface area (Å²) in [6, 6.07) is 0.200. The molecule has 158 valence electrons. The van der Waals surface area contributed by atoms with Crippen LogP contribution in [-0.2, 0) is 16.0 Å². The van der Waals surface area contributed by atoms with E-state index in [9.17, 15) is 9.59 Å². The summed E-state index contributed by atoms with van der Waals surface area (Å²) >= 11 is 3.01. The molecule has 1 amide bonds. The summed E-state index contributed by atoms with van der Waals surface area (Å²) in [5, 5.41) is 5.24. The van der Waals surface area contributed by atoms with Gasteiger partial charge in [0.15, 0.2) is 0 Å². The predicted molar refractivity (Wildman–Crippen MR) is 114 cm³/mol. The van der Waals surface area contributed by atoms with Crippen molar-refractivity contribution in [1.82, 2.24) is 19.2 Å². The van der Waals surface area contributed by atoms with Crippen LogP contribution < -0.4 is 10.2 Å². The summed E-state index contributed by atoms with van der Waals surface area (Å²) in [6.07, 6.45) is 3.20. The van der Waals surface area contributed by atoms with E-state index in [1.165, 1.54) is 17.7 Å². The second kappa shape index (κ2) is 8.03. The predicted octanol–water partition coefficient (Wildman–Crippen LogP) is 1.66.